The monoisotopic (exact) mass is 365 g/mol. The molecule has 1 aromatic heterocycles. The van der Waals surface area contributed by atoms with Crippen molar-refractivity contribution >= 4 is 34.7 Å². The highest BCUT2D eigenvalue weighted by Gasteiger charge is 2.09. The van der Waals surface area contributed by atoms with Crippen molar-refractivity contribution in [2.75, 3.05) is 16.0 Å². The van der Waals surface area contributed by atoms with Gasteiger partial charge in [-0.2, -0.15) is 0 Å². The average molecular weight is 365 g/mol. The van der Waals surface area contributed by atoms with E-state index in [1.54, 1.807) is 42.5 Å². The molecule has 0 unspecified atom stereocenters. The van der Waals surface area contributed by atoms with Gasteiger partial charge in [0.2, 0.25) is 5.91 Å². The van der Waals surface area contributed by atoms with Crippen LogP contribution in [0.2, 0.25) is 0 Å². The number of hydrogen-bond donors (Lipinski definition) is 3. The Bertz CT molecular complexity index is 959. The second-order valence-corrected chi connectivity index (χ2v) is 5.65. The molecule has 0 fully saturated rings. The molecule has 7 nitrogen and oxygen atoms in total. The molecule has 0 bridgehead atoms. The van der Waals surface area contributed by atoms with E-state index in [9.17, 15) is 14.0 Å². The van der Waals surface area contributed by atoms with Gasteiger partial charge in [0.15, 0.2) is 11.5 Å². The molecule has 2 aromatic carbocycles. The first-order valence-corrected chi connectivity index (χ1v) is 8.05. The molecule has 8 heteroatoms. The number of carbonyl (C=O) groups excluding carboxylic acids is 2. The highest BCUT2D eigenvalue weighted by Crippen LogP contribution is 2.16. The van der Waals surface area contributed by atoms with Gasteiger partial charge in [-0.3, -0.25) is 9.59 Å². The van der Waals surface area contributed by atoms with E-state index in [4.69, 9.17) is 0 Å². The summed E-state index contributed by atoms with van der Waals surface area (Å²) in [5.41, 5.74) is 1.84. The molecule has 0 aliphatic carbocycles. The molecule has 0 spiro atoms. The Labute approximate surface area is 154 Å². The molecule has 1 heterocycles. The number of amides is 2. The van der Waals surface area contributed by atoms with Crippen molar-refractivity contribution in [2.45, 2.75) is 6.92 Å². The van der Waals surface area contributed by atoms with Crippen molar-refractivity contribution in [2.24, 2.45) is 0 Å². The molecule has 0 saturated heterocycles. The Morgan fingerprint density at radius 1 is 0.852 bits per heavy atom. The van der Waals surface area contributed by atoms with Crippen LogP contribution in [0.15, 0.2) is 60.7 Å². The number of nitrogens with zero attached hydrogens (tertiary/aromatic N) is 2. The number of halogens is 1. The van der Waals surface area contributed by atoms with Gasteiger partial charge >= 0.3 is 0 Å². The Kier molecular flexibility index (Phi) is 5.36. The first kappa shape index (κ1) is 18.0. The minimum absolute atomic E-state index is 0.130. The van der Waals surface area contributed by atoms with Gasteiger partial charge in [-0.1, -0.05) is 6.07 Å². The topological polar surface area (TPSA) is 96.0 Å². The lowest BCUT2D eigenvalue weighted by molar-refractivity contribution is -0.114. The lowest BCUT2D eigenvalue weighted by Gasteiger charge is -2.07. The summed E-state index contributed by atoms with van der Waals surface area (Å²) in [7, 11) is 0. The van der Waals surface area contributed by atoms with E-state index in [-0.39, 0.29) is 17.4 Å². The van der Waals surface area contributed by atoms with Crippen LogP contribution in [0.5, 0.6) is 0 Å². The number of anilines is 4. The van der Waals surface area contributed by atoms with Gasteiger partial charge in [0.05, 0.1) is 0 Å². The van der Waals surface area contributed by atoms with Crippen LogP contribution in [0, 0.1) is 5.82 Å². The molecule has 0 saturated carbocycles. The van der Waals surface area contributed by atoms with E-state index < -0.39 is 5.91 Å². The zero-order valence-corrected chi connectivity index (χ0v) is 14.4. The predicted molar refractivity (Wildman–Crippen MR) is 100 cm³/mol. The number of nitrogens with one attached hydrogen (secondary N) is 3. The smallest absolute Gasteiger partial charge is 0.276 e. The van der Waals surface area contributed by atoms with Crippen LogP contribution in [0.1, 0.15) is 17.4 Å². The average Bonchev–Trinajstić information content (AvgIpc) is 2.63. The Balaban J connectivity index is 1.62. The number of hydrogen-bond acceptors (Lipinski definition) is 5. The van der Waals surface area contributed by atoms with Crippen LogP contribution < -0.4 is 16.0 Å². The third-order valence-electron chi connectivity index (χ3n) is 3.46. The fourth-order valence-corrected chi connectivity index (χ4v) is 2.27. The van der Waals surface area contributed by atoms with Crippen LogP contribution in [0.4, 0.5) is 27.3 Å². The molecule has 0 radical (unpaired) electrons. The molecule has 3 aromatic rings. The van der Waals surface area contributed by atoms with Crippen molar-refractivity contribution < 1.29 is 14.0 Å². The summed E-state index contributed by atoms with van der Waals surface area (Å²) < 4.78 is 13.2. The molecule has 0 aliphatic heterocycles. The van der Waals surface area contributed by atoms with Gasteiger partial charge in [-0.15, -0.1) is 10.2 Å². The maximum atomic E-state index is 13.2. The van der Waals surface area contributed by atoms with Crippen LogP contribution in [-0.2, 0) is 4.79 Å². The van der Waals surface area contributed by atoms with Crippen LogP contribution in [-0.4, -0.2) is 22.0 Å². The third-order valence-corrected chi connectivity index (χ3v) is 3.46. The maximum Gasteiger partial charge on any atom is 0.276 e. The largest absolute Gasteiger partial charge is 0.339 e. The molecule has 0 atom stereocenters. The van der Waals surface area contributed by atoms with Gasteiger partial charge in [0, 0.05) is 24.0 Å². The van der Waals surface area contributed by atoms with Crippen molar-refractivity contribution in [1.29, 1.82) is 0 Å². The predicted octanol–water partition coefficient (Wildman–Crippen LogP) is 3.57. The highest BCUT2D eigenvalue weighted by molar-refractivity contribution is 6.03. The number of rotatable bonds is 5. The zero-order valence-electron chi connectivity index (χ0n) is 14.4. The third kappa shape index (κ3) is 5.08. The fourth-order valence-electron chi connectivity index (χ4n) is 2.27. The second-order valence-electron chi connectivity index (χ2n) is 5.65. The summed E-state index contributed by atoms with van der Waals surface area (Å²) in [5, 5.41) is 16.0. The summed E-state index contributed by atoms with van der Waals surface area (Å²) in [5.74, 6) is -0.577. The van der Waals surface area contributed by atoms with Crippen molar-refractivity contribution in [1.82, 2.24) is 10.2 Å². The van der Waals surface area contributed by atoms with E-state index in [2.05, 4.69) is 26.1 Å². The molecule has 3 N–H and O–H groups in total. The fraction of sp³-hybridized carbons (Fsp3) is 0.0526. The molecule has 27 heavy (non-hydrogen) atoms. The second kappa shape index (κ2) is 8.05. The highest BCUT2D eigenvalue weighted by atomic mass is 19.1. The molecule has 2 amide bonds. The molecular weight excluding hydrogens is 349 g/mol. The number of benzene rings is 2. The molecule has 0 aliphatic rings. The molecule has 3 rings (SSSR count). The van der Waals surface area contributed by atoms with E-state index in [1.807, 2.05) is 0 Å². The van der Waals surface area contributed by atoms with Crippen LogP contribution in [0.3, 0.4) is 0 Å². The van der Waals surface area contributed by atoms with Crippen LogP contribution in [0.25, 0.3) is 0 Å². The Morgan fingerprint density at radius 2 is 1.56 bits per heavy atom. The SMILES string of the molecule is CC(=O)Nc1ccc(NC(=O)c2ccc(Nc3cccc(F)c3)nn2)cc1. The standard InChI is InChI=1S/C19H16FN5O2/c1-12(26)21-14-5-7-15(8-6-14)23-19(27)17-9-10-18(25-24-17)22-16-4-2-3-13(20)11-16/h2-11H,1H3,(H,21,26)(H,22,25)(H,23,27). The first-order valence-electron chi connectivity index (χ1n) is 8.05. The Morgan fingerprint density at radius 3 is 2.15 bits per heavy atom. The maximum absolute atomic E-state index is 13.2. The lowest BCUT2D eigenvalue weighted by atomic mass is 10.2. The number of aromatic nitrogens is 2. The van der Waals surface area contributed by atoms with Gasteiger partial charge in [-0.25, -0.2) is 4.39 Å². The van der Waals surface area contributed by atoms with Gasteiger partial charge in [0.25, 0.3) is 5.91 Å². The van der Waals surface area contributed by atoms with Crippen molar-refractivity contribution in [3.8, 4) is 0 Å². The van der Waals surface area contributed by atoms with Gasteiger partial charge < -0.3 is 16.0 Å². The minimum Gasteiger partial charge on any atom is -0.339 e. The molecular formula is C19H16FN5O2. The lowest BCUT2D eigenvalue weighted by Crippen LogP contribution is -2.14. The zero-order chi connectivity index (χ0) is 19.2. The summed E-state index contributed by atoms with van der Waals surface area (Å²) >= 11 is 0. The number of carbonyl (C=O) groups is 2. The summed E-state index contributed by atoms with van der Waals surface area (Å²) in [6.45, 7) is 1.42. The quantitative estimate of drug-likeness (QED) is 0.642. The summed E-state index contributed by atoms with van der Waals surface area (Å²) in [6.07, 6.45) is 0. The Hall–Kier alpha value is -3.81. The molecule has 136 valence electrons. The van der Waals surface area contributed by atoms with E-state index >= 15 is 0 Å². The van der Waals surface area contributed by atoms with Crippen LogP contribution >= 0.6 is 0 Å². The van der Waals surface area contributed by atoms with E-state index in [0.29, 0.717) is 22.9 Å². The summed E-state index contributed by atoms with van der Waals surface area (Å²) in [4.78, 5) is 23.2. The van der Waals surface area contributed by atoms with Gasteiger partial charge in [-0.05, 0) is 54.6 Å². The van der Waals surface area contributed by atoms with E-state index in [0.717, 1.165) is 0 Å². The van der Waals surface area contributed by atoms with E-state index in [1.165, 1.54) is 25.1 Å². The first-order chi connectivity index (χ1) is 13.0. The minimum atomic E-state index is -0.424. The van der Waals surface area contributed by atoms with Crippen molar-refractivity contribution in [3.63, 3.8) is 0 Å². The van der Waals surface area contributed by atoms with Crippen molar-refractivity contribution in [3.05, 3.63) is 72.2 Å². The van der Waals surface area contributed by atoms with Gasteiger partial charge in [0.1, 0.15) is 5.82 Å². The normalized spacial score (nSPS) is 10.1. The summed E-state index contributed by atoms with van der Waals surface area (Å²) in [6, 6.07) is 15.7.